The fourth-order valence-electron chi connectivity index (χ4n) is 1.76. The number of ether oxygens (including phenoxy) is 1. The minimum absolute atomic E-state index is 0.457. The number of hydrogen-bond acceptors (Lipinski definition) is 2. The van der Waals surface area contributed by atoms with Crippen molar-refractivity contribution in [3.8, 4) is 0 Å². The lowest BCUT2D eigenvalue weighted by molar-refractivity contribution is 0.327. The third-order valence-corrected chi connectivity index (χ3v) is 2.58. The molecule has 0 saturated carbocycles. The molecule has 1 aliphatic rings. The summed E-state index contributed by atoms with van der Waals surface area (Å²) in [5.74, 6) is 0.588. The van der Waals surface area contributed by atoms with E-state index in [0.717, 1.165) is 12.1 Å². The first-order valence-corrected chi connectivity index (χ1v) is 4.83. The van der Waals surface area contributed by atoms with Crippen LogP contribution >= 0.6 is 0 Å². The molecule has 70 valence electrons. The van der Waals surface area contributed by atoms with E-state index in [9.17, 15) is 0 Å². The van der Waals surface area contributed by atoms with Gasteiger partial charge in [0.1, 0.15) is 0 Å². The zero-order valence-electron chi connectivity index (χ0n) is 8.10. The molecule has 0 bridgehead atoms. The fourth-order valence-corrected chi connectivity index (χ4v) is 1.76. The normalized spacial score (nSPS) is 28.5. The number of rotatable bonds is 3. The van der Waals surface area contributed by atoms with Crippen LogP contribution in [0, 0.1) is 5.92 Å². The summed E-state index contributed by atoms with van der Waals surface area (Å²) in [5.41, 5.74) is 1.16. The molecular formula is C11H15NO. The standard InChI is InChI=1S/C11H15NO/c1-8(11-9(2)13-11)7-10-5-3-4-6-12-10/h3-6,8-9,11H,7H2,1-2H3. The molecule has 0 radical (unpaired) electrons. The highest BCUT2D eigenvalue weighted by atomic mass is 16.6. The topological polar surface area (TPSA) is 25.4 Å². The molecule has 13 heavy (non-hydrogen) atoms. The van der Waals surface area contributed by atoms with Crippen LogP contribution in [0.15, 0.2) is 24.4 Å². The third-order valence-electron chi connectivity index (χ3n) is 2.58. The Morgan fingerprint density at radius 3 is 2.85 bits per heavy atom. The average molecular weight is 177 g/mol. The van der Waals surface area contributed by atoms with Crippen molar-refractivity contribution in [1.82, 2.24) is 4.98 Å². The van der Waals surface area contributed by atoms with Crippen LogP contribution in [-0.2, 0) is 11.2 Å². The van der Waals surface area contributed by atoms with E-state index >= 15 is 0 Å². The van der Waals surface area contributed by atoms with Gasteiger partial charge in [0, 0.05) is 11.9 Å². The van der Waals surface area contributed by atoms with Crippen LogP contribution in [0.5, 0.6) is 0 Å². The largest absolute Gasteiger partial charge is 0.370 e. The van der Waals surface area contributed by atoms with Crippen molar-refractivity contribution in [3.05, 3.63) is 30.1 Å². The minimum Gasteiger partial charge on any atom is -0.370 e. The average Bonchev–Trinajstić information content (AvgIpc) is 2.84. The molecule has 3 atom stereocenters. The zero-order valence-corrected chi connectivity index (χ0v) is 8.10. The maximum atomic E-state index is 5.42. The molecule has 1 fully saturated rings. The summed E-state index contributed by atoms with van der Waals surface area (Å²) in [7, 11) is 0. The molecule has 0 spiro atoms. The summed E-state index contributed by atoms with van der Waals surface area (Å²) in [6.45, 7) is 4.35. The van der Waals surface area contributed by atoms with Gasteiger partial charge < -0.3 is 4.74 Å². The Morgan fingerprint density at radius 2 is 2.31 bits per heavy atom. The van der Waals surface area contributed by atoms with Crippen LogP contribution < -0.4 is 0 Å². The van der Waals surface area contributed by atoms with E-state index in [-0.39, 0.29) is 0 Å². The third kappa shape index (κ3) is 2.07. The molecule has 2 nitrogen and oxygen atoms in total. The summed E-state index contributed by atoms with van der Waals surface area (Å²) in [4.78, 5) is 4.30. The summed E-state index contributed by atoms with van der Waals surface area (Å²) < 4.78 is 5.42. The monoisotopic (exact) mass is 177 g/mol. The predicted molar refractivity (Wildman–Crippen MR) is 51.4 cm³/mol. The maximum absolute atomic E-state index is 5.42. The van der Waals surface area contributed by atoms with Crippen molar-refractivity contribution in [1.29, 1.82) is 0 Å². The number of hydrogen-bond donors (Lipinski definition) is 0. The second-order valence-electron chi connectivity index (χ2n) is 3.81. The van der Waals surface area contributed by atoms with E-state index < -0.39 is 0 Å². The van der Waals surface area contributed by atoms with E-state index in [1.165, 1.54) is 0 Å². The van der Waals surface area contributed by atoms with Crippen LogP contribution in [0.3, 0.4) is 0 Å². The smallest absolute Gasteiger partial charge is 0.0868 e. The zero-order chi connectivity index (χ0) is 9.26. The summed E-state index contributed by atoms with van der Waals surface area (Å²) in [6.07, 6.45) is 3.79. The van der Waals surface area contributed by atoms with Gasteiger partial charge in [0.25, 0.3) is 0 Å². The van der Waals surface area contributed by atoms with Crippen LogP contribution in [0.4, 0.5) is 0 Å². The summed E-state index contributed by atoms with van der Waals surface area (Å²) in [5, 5.41) is 0. The first kappa shape index (κ1) is 8.70. The molecule has 1 aromatic heterocycles. The van der Waals surface area contributed by atoms with E-state index in [1.54, 1.807) is 0 Å². The van der Waals surface area contributed by atoms with Gasteiger partial charge in [-0.1, -0.05) is 13.0 Å². The van der Waals surface area contributed by atoms with Gasteiger partial charge in [-0.2, -0.15) is 0 Å². The number of epoxide rings is 1. The first-order chi connectivity index (χ1) is 6.27. The number of aromatic nitrogens is 1. The molecule has 0 aromatic carbocycles. The SMILES string of the molecule is CC(Cc1ccccn1)C1OC1C. The molecular weight excluding hydrogens is 162 g/mol. The Bertz CT molecular complexity index is 273. The summed E-state index contributed by atoms with van der Waals surface area (Å²) >= 11 is 0. The molecule has 2 heteroatoms. The molecule has 0 N–H and O–H groups in total. The molecule has 1 saturated heterocycles. The van der Waals surface area contributed by atoms with Crippen LogP contribution in [0.25, 0.3) is 0 Å². The first-order valence-electron chi connectivity index (χ1n) is 4.83. The van der Waals surface area contributed by atoms with Crippen molar-refractivity contribution in [2.24, 2.45) is 5.92 Å². The van der Waals surface area contributed by atoms with Crippen molar-refractivity contribution in [2.45, 2.75) is 32.5 Å². The van der Waals surface area contributed by atoms with E-state index in [1.807, 2.05) is 18.3 Å². The molecule has 2 heterocycles. The van der Waals surface area contributed by atoms with Gasteiger partial charge in [0.15, 0.2) is 0 Å². The van der Waals surface area contributed by atoms with Gasteiger partial charge in [-0.25, -0.2) is 0 Å². The molecule has 0 amide bonds. The number of pyridine rings is 1. The Morgan fingerprint density at radius 1 is 1.54 bits per heavy atom. The van der Waals surface area contributed by atoms with Gasteiger partial charge in [-0.15, -0.1) is 0 Å². The highest BCUT2D eigenvalue weighted by Crippen LogP contribution is 2.30. The molecule has 3 unspecified atom stereocenters. The molecule has 2 rings (SSSR count). The highest BCUT2D eigenvalue weighted by Gasteiger charge is 2.38. The molecule has 1 aromatic rings. The van der Waals surface area contributed by atoms with Crippen molar-refractivity contribution in [3.63, 3.8) is 0 Å². The molecule has 0 aliphatic carbocycles. The van der Waals surface area contributed by atoms with Crippen molar-refractivity contribution in [2.75, 3.05) is 0 Å². The minimum atomic E-state index is 0.457. The number of nitrogens with zero attached hydrogens (tertiary/aromatic N) is 1. The van der Waals surface area contributed by atoms with Gasteiger partial charge >= 0.3 is 0 Å². The lowest BCUT2D eigenvalue weighted by Crippen LogP contribution is -2.09. The maximum Gasteiger partial charge on any atom is 0.0868 e. The highest BCUT2D eigenvalue weighted by molar-refractivity contribution is 5.05. The second kappa shape index (κ2) is 3.46. The van der Waals surface area contributed by atoms with Gasteiger partial charge in [0.2, 0.25) is 0 Å². The van der Waals surface area contributed by atoms with E-state index in [2.05, 4.69) is 24.9 Å². The van der Waals surface area contributed by atoms with Gasteiger partial charge in [0.05, 0.1) is 12.2 Å². The van der Waals surface area contributed by atoms with Crippen LogP contribution in [0.2, 0.25) is 0 Å². The summed E-state index contributed by atoms with van der Waals surface area (Å²) in [6, 6.07) is 6.06. The Kier molecular flexibility index (Phi) is 2.32. The lowest BCUT2D eigenvalue weighted by atomic mass is 10.00. The van der Waals surface area contributed by atoms with E-state index in [4.69, 9.17) is 4.74 Å². The fraction of sp³-hybridized carbons (Fsp3) is 0.545. The van der Waals surface area contributed by atoms with Crippen molar-refractivity contribution < 1.29 is 4.74 Å². The van der Waals surface area contributed by atoms with Gasteiger partial charge in [-0.05, 0) is 31.4 Å². The predicted octanol–water partition coefficient (Wildman–Crippen LogP) is 2.05. The Balaban J connectivity index is 1.91. The van der Waals surface area contributed by atoms with Crippen molar-refractivity contribution >= 4 is 0 Å². The van der Waals surface area contributed by atoms with Crippen LogP contribution in [-0.4, -0.2) is 17.2 Å². The second-order valence-corrected chi connectivity index (χ2v) is 3.81. The van der Waals surface area contributed by atoms with Crippen LogP contribution in [0.1, 0.15) is 19.5 Å². The quantitative estimate of drug-likeness (QED) is 0.660. The van der Waals surface area contributed by atoms with E-state index in [0.29, 0.717) is 18.1 Å². The Hall–Kier alpha value is -0.890. The Labute approximate surface area is 78.9 Å². The lowest BCUT2D eigenvalue weighted by Gasteiger charge is -2.06. The van der Waals surface area contributed by atoms with Gasteiger partial charge in [-0.3, -0.25) is 4.98 Å². The molecule has 1 aliphatic heterocycles.